The summed E-state index contributed by atoms with van der Waals surface area (Å²) in [6.07, 6.45) is 11.9. The molecule has 104 valence electrons. The van der Waals surface area contributed by atoms with Crippen LogP contribution in [0.25, 0.3) is 0 Å². The minimum absolute atomic E-state index is 0.534. The van der Waals surface area contributed by atoms with Crippen molar-refractivity contribution < 1.29 is 4.74 Å². The first kappa shape index (κ1) is 14.0. The van der Waals surface area contributed by atoms with Crippen LogP contribution in [0.2, 0.25) is 0 Å². The van der Waals surface area contributed by atoms with E-state index in [9.17, 15) is 0 Å². The summed E-state index contributed by atoms with van der Waals surface area (Å²) in [7, 11) is 0. The Hall–Kier alpha value is -1.42. The van der Waals surface area contributed by atoms with E-state index >= 15 is 0 Å². The molecular weight excluding hydrogens is 238 g/mol. The molecule has 1 aliphatic carbocycles. The van der Waals surface area contributed by atoms with E-state index in [1.54, 1.807) is 6.20 Å². The molecule has 1 aliphatic rings. The highest BCUT2D eigenvalue weighted by Gasteiger charge is 2.30. The summed E-state index contributed by atoms with van der Waals surface area (Å²) < 4.78 is 5.75. The van der Waals surface area contributed by atoms with E-state index in [0.717, 1.165) is 18.7 Å². The molecule has 1 N–H and O–H groups in total. The van der Waals surface area contributed by atoms with E-state index in [4.69, 9.17) is 4.74 Å². The zero-order valence-corrected chi connectivity index (χ0v) is 11.6. The predicted molar refractivity (Wildman–Crippen MR) is 75.4 cm³/mol. The number of hydrogen-bond acceptors (Lipinski definition) is 3. The minimum atomic E-state index is 0.534. The Morgan fingerprint density at radius 3 is 3.11 bits per heavy atom. The van der Waals surface area contributed by atoms with Crippen LogP contribution in [0, 0.1) is 17.8 Å². The Morgan fingerprint density at radius 1 is 1.53 bits per heavy atom. The second kappa shape index (κ2) is 7.24. The predicted octanol–water partition coefficient (Wildman–Crippen LogP) is 3.12. The zero-order chi connectivity index (χ0) is 13.5. The molecule has 0 saturated heterocycles. The summed E-state index contributed by atoms with van der Waals surface area (Å²) in [6, 6.07) is 0. The van der Waals surface area contributed by atoms with Crippen molar-refractivity contribution in [2.24, 2.45) is 17.8 Å². The van der Waals surface area contributed by atoms with Crippen LogP contribution in [-0.2, 0) is 11.3 Å². The van der Waals surface area contributed by atoms with Crippen molar-refractivity contribution in [1.29, 1.82) is 0 Å². The Bertz CT molecular complexity index is 400. The lowest BCUT2D eigenvalue weighted by Crippen LogP contribution is -2.13. The van der Waals surface area contributed by atoms with Crippen molar-refractivity contribution in [2.45, 2.75) is 32.8 Å². The van der Waals surface area contributed by atoms with Crippen LogP contribution >= 0.6 is 0 Å². The first-order chi connectivity index (χ1) is 9.33. The Balaban J connectivity index is 1.78. The molecule has 2 rings (SSSR count). The third kappa shape index (κ3) is 4.03. The maximum atomic E-state index is 5.75. The molecular formula is C15H23N3O. The van der Waals surface area contributed by atoms with E-state index in [2.05, 4.69) is 47.1 Å². The average Bonchev–Trinajstić information content (AvgIpc) is 3.06. The minimum Gasteiger partial charge on any atom is -0.375 e. The summed E-state index contributed by atoms with van der Waals surface area (Å²) in [6.45, 7) is 7.45. The Labute approximate surface area is 114 Å². The lowest BCUT2D eigenvalue weighted by Gasteiger charge is -2.15. The van der Waals surface area contributed by atoms with Gasteiger partial charge in [-0.3, -0.25) is 0 Å². The molecule has 0 bridgehead atoms. The second-order valence-electron chi connectivity index (χ2n) is 5.20. The monoisotopic (exact) mass is 261 g/mol. The first-order valence-corrected chi connectivity index (χ1v) is 7.05. The van der Waals surface area contributed by atoms with Crippen molar-refractivity contribution in [3.8, 4) is 0 Å². The average molecular weight is 261 g/mol. The third-order valence-corrected chi connectivity index (χ3v) is 3.78. The SMILES string of the molecule is C=C[C@@H]1CC(/C=C/CC)CC1COCc1cn[nH]n1. The van der Waals surface area contributed by atoms with Gasteiger partial charge in [0.15, 0.2) is 0 Å². The molecule has 4 heteroatoms. The number of aromatic amines is 1. The quantitative estimate of drug-likeness (QED) is 0.767. The molecule has 1 fully saturated rings. The summed E-state index contributed by atoms with van der Waals surface area (Å²) in [5, 5.41) is 10.3. The van der Waals surface area contributed by atoms with Gasteiger partial charge in [-0.15, -0.1) is 6.58 Å². The van der Waals surface area contributed by atoms with E-state index in [-0.39, 0.29) is 0 Å². The second-order valence-corrected chi connectivity index (χ2v) is 5.20. The molecule has 0 amide bonds. The molecule has 0 radical (unpaired) electrons. The lowest BCUT2D eigenvalue weighted by atomic mass is 9.97. The molecule has 0 spiro atoms. The van der Waals surface area contributed by atoms with Crippen molar-refractivity contribution in [3.63, 3.8) is 0 Å². The van der Waals surface area contributed by atoms with Crippen molar-refractivity contribution in [1.82, 2.24) is 15.4 Å². The summed E-state index contributed by atoms with van der Waals surface area (Å²) in [5.74, 6) is 1.84. The highest BCUT2D eigenvalue weighted by Crippen LogP contribution is 2.38. The van der Waals surface area contributed by atoms with Gasteiger partial charge in [-0.05, 0) is 37.0 Å². The Kier molecular flexibility index (Phi) is 5.33. The van der Waals surface area contributed by atoms with Gasteiger partial charge in [0.25, 0.3) is 0 Å². The maximum absolute atomic E-state index is 5.75. The number of rotatable bonds is 7. The number of allylic oxidation sites excluding steroid dienone is 3. The van der Waals surface area contributed by atoms with Crippen molar-refractivity contribution >= 4 is 0 Å². The standard InChI is InChI=1S/C15H23N3O/c1-3-5-6-12-7-13(4-2)14(8-12)10-19-11-15-9-16-18-17-15/h4-6,9,12-14H,2-3,7-8,10-11H2,1H3,(H,16,17,18)/b6-5+/t12?,13-,14?/m1/s1. The summed E-state index contributed by atoms with van der Waals surface area (Å²) in [4.78, 5) is 0. The first-order valence-electron chi connectivity index (χ1n) is 7.05. The molecule has 1 saturated carbocycles. The maximum Gasteiger partial charge on any atom is 0.108 e. The molecule has 1 heterocycles. The molecule has 1 aromatic rings. The summed E-state index contributed by atoms with van der Waals surface area (Å²) in [5.41, 5.74) is 0.857. The van der Waals surface area contributed by atoms with Crippen molar-refractivity contribution in [2.75, 3.05) is 6.61 Å². The van der Waals surface area contributed by atoms with Crippen LogP contribution in [-0.4, -0.2) is 22.0 Å². The highest BCUT2D eigenvalue weighted by molar-refractivity contribution is 5.00. The number of nitrogens with zero attached hydrogens (tertiary/aromatic N) is 2. The summed E-state index contributed by atoms with van der Waals surface area (Å²) >= 11 is 0. The van der Waals surface area contributed by atoms with E-state index < -0.39 is 0 Å². The van der Waals surface area contributed by atoms with Gasteiger partial charge >= 0.3 is 0 Å². The number of aromatic nitrogens is 3. The van der Waals surface area contributed by atoms with Gasteiger partial charge in [0.2, 0.25) is 0 Å². The fourth-order valence-electron chi connectivity index (χ4n) is 2.78. The number of hydrogen-bond donors (Lipinski definition) is 1. The van der Waals surface area contributed by atoms with Gasteiger partial charge in [0.1, 0.15) is 5.69 Å². The largest absolute Gasteiger partial charge is 0.375 e. The van der Waals surface area contributed by atoms with Gasteiger partial charge in [0.05, 0.1) is 19.4 Å². The molecule has 1 aromatic heterocycles. The van der Waals surface area contributed by atoms with Crippen LogP contribution in [0.3, 0.4) is 0 Å². The third-order valence-electron chi connectivity index (χ3n) is 3.78. The van der Waals surface area contributed by atoms with Gasteiger partial charge in [0, 0.05) is 0 Å². The van der Waals surface area contributed by atoms with Crippen LogP contribution in [0.1, 0.15) is 31.9 Å². The van der Waals surface area contributed by atoms with Crippen LogP contribution in [0.5, 0.6) is 0 Å². The van der Waals surface area contributed by atoms with Crippen LogP contribution in [0.15, 0.2) is 31.0 Å². The molecule has 4 nitrogen and oxygen atoms in total. The molecule has 3 atom stereocenters. The molecule has 0 aliphatic heterocycles. The van der Waals surface area contributed by atoms with E-state index in [1.165, 1.54) is 12.8 Å². The van der Waals surface area contributed by atoms with Gasteiger partial charge in [-0.2, -0.15) is 15.4 Å². The Morgan fingerprint density at radius 2 is 2.42 bits per heavy atom. The fraction of sp³-hybridized carbons (Fsp3) is 0.600. The number of ether oxygens (including phenoxy) is 1. The van der Waals surface area contributed by atoms with Crippen LogP contribution in [0.4, 0.5) is 0 Å². The normalized spacial score (nSPS) is 27.1. The van der Waals surface area contributed by atoms with Crippen LogP contribution < -0.4 is 0 Å². The molecule has 0 aromatic carbocycles. The van der Waals surface area contributed by atoms with Gasteiger partial charge in [-0.25, -0.2) is 0 Å². The van der Waals surface area contributed by atoms with Gasteiger partial charge < -0.3 is 4.74 Å². The molecule has 2 unspecified atom stereocenters. The zero-order valence-electron chi connectivity index (χ0n) is 11.6. The fourth-order valence-corrected chi connectivity index (χ4v) is 2.78. The van der Waals surface area contributed by atoms with E-state index in [1.807, 2.05) is 0 Å². The smallest absolute Gasteiger partial charge is 0.108 e. The topological polar surface area (TPSA) is 50.8 Å². The van der Waals surface area contributed by atoms with E-state index in [0.29, 0.717) is 24.4 Å². The van der Waals surface area contributed by atoms with Gasteiger partial charge in [-0.1, -0.05) is 25.2 Å². The lowest BCUT2D eigenvalue weighted by molar-refractivity contribution is 0.0778. The number of nitrogens with one attached hydrogen (secondary N) is 1. The number of H-pyrrole nitrogens is 1. The highest BCUT2D eigenvalue weighted by atomic mass is 16.5. The van der Waals surface area contributed by atoms with Crippen molar-refractivity contribution in [3.05, 3.63) is 36.7 Å². The molecule has 19 heavy (non-hydrogen) atoms.